The third-order valence-electron chi connectivity index (χ3n) is 6.07. The van der Waals surface area contributed by atoms with Gasteiger partial charge in [-0.1, -0.05) is 23.7 Å². The molecule has 166 valence electrons. The van der Waals surface area contributed by atoms with Gasteiger partial charge in [-0.2, -0.15) is 9.97 Å². The summed E-state index contributed by atoms with van der Waals surface area (Å²) < 4.78 is 0. The van der Waals surface area contributed by atoms with E-state index in [0.29, 0.717) is 23.6 Å². The second-order valence-corrected chi connectivity index (χ2v) is 9.27. The number of anilines is 3. The van der Waals surface area contributed by atoms with Crippen LogP contribution in [0.15, 0.2) is 30.3 Å². The minimum absolute atomic E-state index is 0.487. The number of nitrogens with one attached hydrogen (secondary N) is 2. The summed E-state index contributed by atoms with van der Waals surface area (Å²) in [7, 11) is 0. The van der Waals surface area contributed by atoms with Crippen LogP contribution in [0.4, 0.5) is 17.6 Å². The predicted octanol–water partition coefficient (Wildman–Crippen LogP) is 4.99. The average Bonchev–Trinajstić information content (AvgIpc) is 2.79. The van der Waals surface area contributed by atoms with Crippen molar-refractivity contribution in [2.75, 3.05) is 34.8 Å². The third-order valence-corrected chi connectivity index (χ3v) is 6.57. The van der Waals surface area contributed by atoms with E-state index in [0.717, 1.165) is 41.9 Å². The zero-order chi connectivity index (χ0) is 21.6. The zero-order valence-electron chi connectivity index (χ0n) is 18.1. The molecule has 1 aromatic carbocycles. The quantitative estimate of drug-likeness (QED) is 0.612. The molecular weight excluding hydrogens is 428 g/mol. The summed E-state index contributed by atoms with van der Waals surface area (Å²) in [6.07, 6.45) is 7.41. The highest BCUT2D eigenvalue weighted by Crippen LogP contribution is 2.28. The fraction of sp³-hybridized carbons (Fsp3) is 0.522. The SMILES string of the molecule is CC1CCCCN1c1cc(N2CCCCC2)nc(NC(=S)NCc2ccc(Cl)cc2)n1. The molecule has 2 aromatic rings. The number of aromatic nitrogens is 2. The molecule has 2 saturated heterocycles. The fourth-order valence-corrected chi connectivity index (χ4v) is 4.57. The predicted molar refractivity (Wildman–Crippen MR) is 133 cm³/mol. The van der Waals surface area contributed by atoms with Gasteiger partial charge in [-0.15, -0.1) is 0 Å². The summed E-state index contributed by atoms with van der Waals surface area (Å²) in [4.78, 5) is 14.4. The van der Waals surface area contributed by atoms with E-state index < -0.39 is 0 Å². The lowest BCUT2D eigenvalue weighted by atomic mass is 10.0. The highest BCUT2D eigenvalue weighted by atomic mass is 35.5. The molecule has 8 heteroatoms. The summed E-state index contributed by atoms with van der Waals surface area (Å²) in [5.41, 5.74) is 1.11. The van der Waals surface area contributed by atoms with Crippen molar-refractivity contribution in [3.8, 4) is 0 Å². The van der Waals surface area contributed by atoms with Crippen molar-refractivity contribution in [1.29, 1.82) is 0 Å². The van der Waals surface area contributed by atoms with Gasteiger partial charge in [0.25, 0.3) is 0 Å². The second-order valence-electron chi connectivity index (χ2n) is 8.43. The van der Waals surface area contributed by atoms with Crippen LogP contribution in [0.1, 0.15) is 51.0 Å². The molecule has 0 radical (unpaired) electrons. The number of hydrogen-bond acceptors (Lipinski definition) is 5. The van der Waals surface area contributed by atoms with Crippen molar-refractivity contribution >= 4 is 46.5 Å². The second kappa shape index (κ2) is 10.5. The van der Waals surface area contributed by atoms with Crippen LogP contribution in [0.2, 0.25) is 5.02 Å². The van der Waals surface area contributed by atoms with Gasteiger partial charge in [0.2, 0.25) is 5.95 Å². The lowest BCUT2D eigenvalue weighted by Gasteiger charge is -2.35. The van der Waals surface area contributed by atoms with Crippen LogP contribution in [0.5, 0.6) is 0 Å². The van der Waals surface area contributed by atoms with Gasteiger partial charge in [0.1, 0.15) is 11.6 Å². The van der Waals surface area contributed by atoms with E-state index in [9.17, 15) is 0 Å². The van der Waals surface area contributed by atoms with Crippen molar-refractivity contribution in [3.63, 3.8) is 0 Å². The van der Waals surface area contributed by atoms with Gasteiger partial charge >= 0.3 is 0 Å². The normalized spacial score (nSPS) is 19.2. The van der Waals surface area contributed by atoms with Crippen LogP contribution in [-0.4, -0.2) is 40.8 Å². The lowest BCUT2D eigenvalue weighted by molar-refractivity contribution is 0.481. The van der Waals surface area contributed by atoms with Gasteiger partial charge in [-0.05, 0) is 75.4 Å². The van der Waals surface area contributed by atoms with E-state index in [1.807, 2.05) is 24.3 Å². The molecule has 1 atom stereocenters. The largest absolute Gasteiger partial charge is 0.358 e. The Labute approximate surface area is 195 Å². The highest BCUT2D eigenvalue weighted by Gasteiger charge is 2.23. The summed E-state index contributed by atoms with van der Waals surface area (Å²) in [6.45, 7) is 6.03. The summed E-state index contributed by atoms with van der Waals surface area (Å²) in [6, 6.07) is 10.4. The number of rotatable bonds is 5. The number of piperidine rings is 2. The molecule has 0 aliphatic carbocycles. The molecule has 2 fully saturated rings. The molecule has 2 aliphatic heterocycles. The Kier molecular flexibility index (Phi) is 7.45. The van der Waals surface area contributed by atoms with E-state index in [1.165, 1.54) is 38.5 Å². The maximum atomic E-state index is 5.97. The number of halogens is 1. The molecule has 0 spiro atoms. The molecule has 4 rings (SSSR count). The van der Waals surface area contributed by atoms with Crippen LogP contribution in [0.3, 0.4) is 0 Å². The van der Waals surface area contributed by atoms with Crippen LogP contribution >= 0.6 is 23.8 Å². The van der Waals surface area contributed by atoms with E-state index in [1.54, 1.807) is 0 Å². The summed E-state index contributed by atoms with van der Waals surface area (Å²) in [5, 5.41) is 7.71. The maximum Gasteiger partial charge on any atom is 0.232 e. The first-order valence-electron chi connectivity index (χ1n) is 11.3. The summed E-state index contributed by atoms with van der Waals surface area (Å²) >= 11 is 11.5. The number of benzene rings is 1. The molecule has 0 saturated carbocycles. The molecule has 0 bridgehead atoms. The van der Waals surface area contributed by atoms with Gasteiger partial charge in [-0.3, -0.25) is 0 Å². The fourth-order valence-electron chi connectivity index (χ4n) is 4.28. The van der Waals surface area contributed by atoms with Gasteiger partial charge in [0.15, 0.2) is 5.11 Å². The Morgan fingerprint density at radius 1 is 1.03 bits per heavy atom. The van der Waals surface area contributed by atoms with Crippen molar-refractivity contribution in [3.05, 3.63) is 40.9 Å². The number of nitrogens with zero attached hydrogens (tertiary/aromatic N) is 4. The van der Waals surface area contributed by atoms with E-state index in [4.69, 9.17) is 33.8 Å². The summed E-state index contributed by atoms with van der Waals surface area (Å²) in [5.74, 6) is 2.54. The molecule has 31 heavy (non-hydrogen) atoms. The van der Waals surface area contributed by atoms with Crippen molar-refractivity contribution < 1.29 is 0 Å². The first-order valence-corrected chi connectivity index (χ1v) is 12.1. The standard InChI is InChI=1S/C23H31ClN6S/c1-17-7-3-6-14-30(17)21-15-20(29-12-4-2-5-13-29)26-22(27-21)28-23(31)25-16-18-8-10-19(24)11-9-18/h8-11,15,17H,2-7,12-14,16H2,1H3,(H2,25,26,27,28,31). The van der Waals surface area contributed by atoms with Crippen LogP contribution in [0.25, 0.3) is 0 Å². The van der Waals surface area contributed by atoms with Crippen molar-refractivity contribution in [1.82, 2.24) is 15.3 Å². The smallest absolute Gasteiger partial charge is 0.232 e. The molecule has 0 amide bonds. The minimum Gasteiger partial charge on any atom is -0.358 e. The molecule has 2 N–H and O–H groups in total. The van der Waals surface area contributed by atoms with Crippen molar-refractivity contribution in [2.24, 2.45) is 0 Å². The lowest BCUT2D eigenvalue weighted by Crippen LogP contribution is -2.39. The number of thiocarbonyl (C=S) groups is 1. The molecule has 1 aromatic heterocycles. The van der Waals surface area contributed by atoms with E-state index in [2.05, 4.69) is 33.4 Å². The molecule has 6 nitrogen and oxygen atoms in total. The van der Waals surface area contributed by atoms with E-state index in [-0.39, 0.29) is 0 Å². The monoisotopic (exact) mass is 458 g/mol. The Hall–Kier alpha value is -2.12. The molecule has 1 unspecified atom stereocenters. The van der Waals surface area contributed by atoms with Gasteiger partial charge in [0.05, 0.1) is 0 Å². The van der Waals surface area contributed by atoms with Crippen molar-refractivity contribution in [2.45, 2.75) is 58.0 Å². The van der Waals surface area contributed by atoms with E-state index >= 15 is 0 Å². The zero-order valence-corrected chi connectivity index (χ0v) is 19.7. The van der Waals surface area contributed by atoms with Gasteiger partial charge in [0, 0.05) is 43.3 Å². The molecular formula is C23H31ClN6S. The third kappa shape index (κ3) is 5.98. The minimum atomic E-state index is 0.487. The van der Waals surface area contributed by atoms with Crippen LogP contribution < -0.4 is 20.4 Å². The highest BCUT2D eigenvalue weighted by molar-refractivity contribution is 7.80. The van der Waals surface area contributed by atoms with Crippen LogP contribution in [-0.2, 0) is 6.54 Å². The van der Waals surface area contributed by atoms with Crippen LogP contribution in [0, 0.1) is 0 Å². The Balaban J connectivity index is 1.49. The van der Waals surface area contributed by atoms with Gasteiger partial charge in [-0.25, -0.2) is 0 Å². The molecule has 3 heterocycles. The topological polar surface area (TPSA) is 56.3 Å². The Morgan fingerprint density at radius 2 is 1.74 bits per heavy atom. The molecule has 2 aliphatic rings. The maximum absolute atomic E-state index is 5.97. The Bertz CT molecular complexity index is 884. The first kappa shape index (κ1) is 22.1. The number of hydrogen-bond donors (Lipinski definition) is 2. The van der Waals surface area contributed by atoms with Gasteiger partial charge < -0.3 is 20.4 Å². The first-order chi connectivity index (χ1) is 15.1. The average molecular weight is 459 g/mol. The Morgan fingerprint density at radius 3 is 2.48 bits per heavy atom.